The molecule has 2 amide bonds. The van der Waals surface area contributed by atoms with Gasteiger partial charge < -0.3 is 0 Å². The van der Waals surface area contributed by atoms with Gasteiger partial charge in [-0.25, -0.2) is 0 Å². The molecule has 0 unspecified atom stereocenters. The van der Waals surface area contributed by atoms with E-state index in [-0.39, 0.29) is 11.8 Å². The highest BCUT2D eigenvalue weighted by atomic mass is 16.2. The van der Waals surface area contributed by atoms with E-state index in [2.05, 4.69) is 12.2 Å². The number of unbranched alkanes of at least 4 members (excludes halogenated alkanes) is 1. The van der Waals surface area contributed by atoms with Gasteiger partial charge in [0.25, 0.3) is 11.8 Å². The van der Waals surface area contributed by atoms with Crippen molar-refractivity contribution >= 4 is 11.8 Å². The average Bonchev–Trinajstić information content (AvgIpc) is 2.37. The summed E-state index contributed by atoms with van der Waals surface area (Å²) >= 11 is 0. The Morgan fingerprint density at radius 2 is 1.69 bits per heavy atom. The van der Waals surface area contributed by atoms with Gasteiger partial charge in [0.15, 0.2) is 0 Å². The van der Waals surface area contributed by atoms with Crippen molar-refractivity contribution in [3.8, 4) is 0 Å². The zero-order valence-corrected chi connectivity index (χ0v) is 8.14. The maximum absolute atomic E-state index is 11.3. The molecule has 72 valence electrons. The third kappa shape index (κ3) is 1.97. The molecular weight excluding hydrogens is 166 g/mol. The van der Waals surface area contributed by atoms with Crippen molar-refractivity contribution in [2.45, 2.75) is 39.5 Å². The minimum atomic E-state index is -0.196. The molecule has 1 heterocycles. The Kier molecular flexibility index (Phi) is 3.23. The second-order valence-electron chi connectivity index (χ2n) is 3.20. The van der Waals surface area contributed by atoms with Crippen molar-refractivity contribution in [3.05, 3.63) is 11.1 Å². The van der Waals surface area contributed by atoms with Gasteiger partial charge in [0, 0.05) is 11.1 Å². The smallest absolute Gasteiger partial charge is 0.254 e. The van der Waals surface area contributed by atoms with Gasteiger partial charge in [-0.2, -0.15) is 0 Å². The number of imide groups is 1. The second kappa shape index (κ2) is 4.21. The monoisotopic (exact) mass is 181 g/mol. The molecule has 0 fully saturated rings. The lowest BCUT2D eigenvalue weighted by Gasteiger charge is -1.99. The minimum absolute atomic E-state index is 0.185. The highest BCUT2D eigenvalue weighted by molar-refractivity contribution is 6.19. The van der Waals surface area contributed by atoms with Crippen LogP contribution in [0.4, 0.5) is 0 Å². The SMILES string of the molecule is CCCCC1=C(CC)C(=O)NC1=O. The van der Waals surface area contributed by atoms with Gasteiger partial charge in [-0.3, -0.25) is 14.9 Å². The van der Waals surface area contributed by atoms with Gasteiger partial charge in [0.05, 0.1) is 0 Å². The van der Waals surface area contributed by atoms with E-state index in [0.29, 0.717) is 17.6 Å². The predicted molar refractivity (Wildman–Crippen MR) is 50.0 cm³/mol. The first-order valence-electron chi connectivity index (χ1n) is 4.78. The zero-order valence-electron chi connectivity index (χ0n) is 8.14. The fourth-order valence-electron chi connectivity index (χ4n) is 1.52. The first-order valence-corrected chi connectivity index (χ1v) is 4.78. The number of amides is 2. The van der Waals surface area contributed by atoms with Crippen LogP contribution in [0.1, 0.15) is 39.5 Å². The van der Waals surface area contributed by atoms with Gasteiger partial charge >= 0.3 is 0 Å². The molecule has 3 heteroatoms. The van der Waals surface area contributed by atoms with Crippen molar-refractivity contribution in [2.24, 2.45) is 0 Å². The Bertz CT molecular complexity index is 266. The van der Waals surface area contributed by atoms with Crippen LogP contribution in [0.2, 0.25) is 0 Å². The molecule has 0 spiro atoms. The molecule has 0 saturated heterocycles. The molecule has 0 bridgehead atoms. The van der Waals surface area contributed by atoms with E-state index in [9.17, 15) is 9.59 Å². The van der Waals surface area contributed by atoms with E-state index in [1.54, 1.807) is 0 Å². The summed E-state index contributed by atoms with van der Waals surface area (Å²) in [6.07, 6.45) is 3.40. The van der Waals surface area contributed by atoms with Crippen molar-refractivity contribution in [1.29, 1.82) is 0 Å². The lowest BCUT2D eigenvalue weighted by Crippen LogP contribution is -2.23. The van der Waals surface area contributed by atoms with Crippen LogP contribution in [0.3, 0.4) is 0 Å². The Morgan fingerprint density at radius 3 is 2.23 bits per heavy atom. The summed E-state index contributed by atoms with van der Waals surface area (Å²) < 4.78 is 0. The molecule has 0 radical (unpaired) electrons. The largest absolute Gasteiger partial charge is 0.289 e. The zero-order chi connectivity index (χ0) is 9.84. The van der Waals surface area contributed by atoms with Gasteiger partial charge in [0.2, 0.25) is 0 Å². The van der Waals surface area contributed by atoms with Crippen molar-refractivity contribution in [3.63, 3.8) is 0 Å². The summed E-state index contributed by atoms with van der Waals surface area (Å²) in [5.41, 5.74) is 1.38. The first kappa shape index (κ1) is 9.96. The minimum Gasteiger partial charge on any atom is -0.289 e. The topological polar surface area (TPSA) is 46.2 Å². The maximum Gasteiger partial charge on any atom is 0.254 e. The van der Waals surface area contributed by atoms with Gasteiger partial charge in [0.1, 0.15) is 0 Å². The van der Waals surface area contributed by atoms with Gasteiger partial charge in [-0.15, -0.1) is 0 Å². The second-order valence-corrected chi connectivity index (χ2v) is 3.20. The maximum atomic E-state index is 11.3. The molecule has 0 aromatic carbocycles. The molecular formula is C10H15NO2. The first-order chi connectivity index (χ1) is 6.20. The van der Waals surface area contributed by atoms with Crippen LogP contribution in [0.15, 0.2) is 11.1 Å². The highest BCUT2D eigenvalue weighted by Crippen LogP contribution is 2.20. The molecule has 1 aliphatic heterocycles. The number of hydrogen-bond donors (Lipinski definition) is 1. The molecule has 0 aromatic heterocycles. The molecule has 1 rings (SSSR count). The summed E-state index contributed by atoms with van der Waals surface area (Å²) in [7, 11) is 0. The molecule has 1 aliphatic rings. The van der Waals surface area contributed by atoms with Gasteiger partial charge in [-0.05, 0) is 19.3 Å². The van der Waals surface area contributed by atoms with Crippen LogP contribution in [0, 0.1) is 0 Å². The lowest BCUT2D eigenvalue weighted by atomic mass is 10.0. The Balaban J connectivity index is 2.79. The molecule has 3 nitrogen and oxygen atoms in total. The Morgan fingerprint density at radius 1 is 1.08 bits per heavy atom. The molecule has 0 saturated carbocycles. The quantitative estimate of drug-likeness (QED) is 0.669. The van der Waals surface area contributed by atoms with Crippen molar-refractivity contribution in [2.75, 3.05) is 0 Å². The standard InChI is InChI=1S/C10H15NO2/c1-3-5-6-8-7(4-2)9(12)11-10(8)13/h3-6H2,1-2H3,(H,11,12,13). The number of hydrogen-bond acceptors (Lipinski definition) is 2. The van der Waals surface area contributed by atoms with Crippen LogP contribution < -0.4 is 5.32 Å². The van der Waals surface area contributed by atoms with Crippen LogP contribution in [0.5, 0.6) is 0 Å². The fraction of sp³-hybridized carbons (Fsp3) is 0.600. The molecule has 0 aromatic rings. The highest BCUT2D eigenvalue weighted by Gasteiger charge is 2.27. The van der Waals surface area contributed by atoms with Crippen molar-refractivity contribution < 1.29 is 9.59 Å². The third-order valence-electron chi connectivity index (χ3n) is 2.27. The summed E-state index contributed by atoms with van der Waals surface area (Å²) in [5.74, 6) is -0.381. The van der Waals surface area contributed by atoms with Gasteiger partial charge in [-0.1, -0.05) is 20.3 Å². The predicted octanol–water partition coefficient (Wildman–Crippen LogP) is 1.54. The molecule has 0 aliphatic carbocycles. The van der Waals surface area contributed by atoms with E-state index in [1.807, 2.05) is 6.92 Å². The van der Waals surface area contributed by atoms with Crippen LogP contribution in [0.25, 0.3) is 0 Å². The average molecular weight is 181 g/mol. The summed E-state index contributed by atoms with van der Waals surface area (Å²) in [4.78, 5) is 22.5. The number of nitrogens with one attached hydrogen (secondary N) is 1. The third-order valence-corrected chi connectivity index (χ3v) is 2.27. The van der Waals surface area contributed by atoms with Crippen LogP contribution in [-0.4, -0.2) is 11.8 Å². The summed E-state index contributed by atoms with van der Waals surface area (Å²) in [6, 6.07) is 0. The number of carbonyl (C=O) groups is 2. The molecule has 1 N–H and O–H groups in total. The summed E-state index contributed by atoms with van der Waals surface area (Å²) in [6.45, 7) is 3.97. The van der Waals surface area contributed by atoms with Crippen LogP contribution >= 0.6 is 0 Å². The van der Waals surface area contributed by atoms with E-state index < -0.39 is 0 Å². The van der Waals surface area contributed by atoms with E-state index >= 15 is 0 Å². The lowest BCUT2D eigenvalue weighted by molar-refractivity contribution is -0.124. The number of rotatable bonds is 4. The molecule has 0 atom stereocenters. The molecule has 13 heavy (non-hydrogen) atoms. The number of carbonyl (C=O) groups excluding carboxylic acids is 2. The van der Waals surface area contributed by atoms with E-state index in [4.69, 9.17) is 0 Å². The van der Waals surface area contributed by atoms with Crippen LogP contribution in [-0.2, 0) is 9.59 Å². The fourth-order valence-corrected chi connectivity index (χ4v) is 1.52. The Labute approximate surface area is 78.2 Å². The summed E-state index contributed by atoms with van der Waals surface area (Å²) in [5, 5.41) is 2.32. The Hall–Kier alpha value is -1.12. The normalized spacial score (nSPS) is 16.8. The van der Waals surface area contributed by atoms with E-state index in [1.165, 1.54) is 0 Å². The van der Waals surface area contributed by atoms with E-state index in [0.717, 1.165) is 19.3 Å². The van der Waals surface area contributed by atoms with Crippen molar-refractivity contribution in [1.82, 2.24) is 5.32 Å².